The molecular formula is C27H27F8N3O3. The van der Waals surface area contributed by atoms with Gasteiger partial charge < -0.3 is 9.64 Å². The van der Waals surface area contributed by atoms with Crippen molar-refractivity contribution in [2.24, 2.45) is 5.92 Å². The van der Waals surface area contributed by atoms with Crippen LogP contribution in [0.15, 0.2) is 30.3 Å². The maximum absolute atomic E-state index is 13.7. The van der Waals surface area contributed by atoms with Crippen LogP contribution < -0.4 is 4.90 Å². The summed E-state index contributed by atoms with van der Waals surface area (Å²) < 4.78 is 114. The number of carbonyl (C=O) groups is 2. The van der Waals surface area contributed by atoms with E-state index >= 15 is 0 Å². The molecule has 0 N–H and O–H groups in total. The van der Waals surface area contributed by atoms with Crippen molar-refractivity contribution in [3.05, 3.63) is 58.4 Å². The number of hydrogen-bond donors (Lipinski definition) is 0. The highest BCUT2D eigenvalue weighted by atomic mass is 19.4. The summed E-state index contributed by atoms with van der Waals surface area (Å²) in [5, 5.41) is 0. The number of fused-ring (bicyclic) bond motifs is 1. The summed E-state index contributed by atoms with van der Waals surface area (Å²) in [6, 6.07) is 1.58. The first kappa shape index (κ1) is 30.5. The Morgan fingerprint density at radius 2 is 1.61 bits per heavy atom. The minimum atomic E-state index is -5.10. The lowest BCUT2D eigenvalue weighted by Crippen LogP contribution is -2.50. The number of amides is 2. The van der Waals surface area contributed by atoms with Gasteiger partial charge in [-0.3, -0.25) is 9.69 Å². The van der Waals surface area contributed by atoms with E-state index in [1.54, 1.807) is 13.8 Å². The van der Waals surface area contributed by atoms with Crippen LogP contribution in [0.3, 0.4) is 0 Å². The molecule has 41 heavy (non-hydrogen) atoms. The molecule has 6 nitrogen and oxygen atoms in total. The van der Waals surface area contributed by atoms with Crippen LogP contribution in [0.2, 0.25) is 0 Å². The fourth-order valence-electron chi connectivity index (χ4n) is 5.08. The van der Waals surface area contributed by atoms with Gasteiger partial charge in [-0.15, -0.1) is 0 Å². The number of benzene rings is 1. The molecule has 2 unspecified atom stereocenters. The third-order valence-electron chi connectivity index (χ3n) is 7.00. The first-order valence-electron chi connectivity index (χ1n) is 12.8. The Morgan fingerprint density at radius 1 is 1.02 bits per heavy atom. The minimum absolute atomic E-state index is 0.0185. The smallest absolute Gasteiger partial charge is 0.416 e. The van der Waals surface area contributed by atoms with Crippen molar-refractivity contribution in [1.82, 2.24) is 9.88 Å². The van der Waals surface area contributed by atoms with Crippen LogP contribution in [0, 0.1) is 5.92 Å². The number of anilines is 1. The van der Waals surface area contributed by atoms with Crippen molar-refractivity contribution < 1.29 is 49.4 Å². The van der Waals surface area contributed by atoms with Crippen LogP contribution in [0.4, 0.5) is 45.6 Å². The van der Waals surface area contributed by atoms with E-state index in [0.29, 0.717) is 25.0 Å². The van der Waals surface area contributed by atoms with Gasteiger partial charge in [0.2, 0.25) is 5.91 Å². The monoisotopic (exact) mass is 593 g/mol. The van der Waals surface area contributed by atoms with Crippen molar-refractivity contribution >= 4 is 17.7 Å². The van der Waals surface area contributed by atoms with Crippen molar-refractivity contribution in [2.75, 3.05) is 4.90 Å². The zero-order valence-corrected chi connectivity index (χ0v) is 22.2. The highest BCUT2D eigenvalue weighted by Gasteiger charge is 2.47. The van der Waals surface area contributed by atoms with Crippen molar-refractivity contribution in [1.29, 1.82) is 0 Å². The number of rotatable bonds is 6. The zero-order valence-electron chi connectivity index (χ0n) is 22.2. The molecule has 2 amide bonds. The highest BCUT2D eigenvalue weighted by Crippen LogP contribution is 2.48. The standard InChI is InChI=1S/C27H27F8N3O3/c1-13(2)41-25(40)38-20-7-6-19(24(28)29)36-23(20)22(11-21(38)16-4-5-16)37(14(3)39)12-15-8-17(26(30,31)32)10-18(9-15)27(33,34)35/h6-10,13,16,21-22,24H,4-5,11-12H2,1-3H3. The molecule has 2 aliphatic rings. The second-order valence-corrected chi connectivity index (χ2v) is 10.5. The van der Waals surface area contributed by atoms with E-state index in [0.717, 1.165) is 17.9 Å². The number of halogens is 8. The maximum atomic E-state index is 13.7. The number of alkyl halides is 8. The van der Waals surface area contributed by atoms with Gasteiger partial charge in [0.15, 0.2) is 0 Å². The summed E-state index contributed by atoms with van der Waals surface area (Å²) in [6.07, 6.45) is -13.1. The molecule has 14 heteroatoms. The molecule has 224 valence electrons. The molecule has 0 saturated heterocycles. The first-order valence-corrected chi connectivity index (χ1v) is 12.8. The van der Waals surface area contributed by atoms with E-state index in [9.17, 15) is 44.7 Å². The predicted octanol–water partition coefficient (Wildman–Crippen LogP) is 7.68. The molecule has 1 aliphatic heterocycles. The number of ether oxygens (including phenoxy) is 1. The van der Waals surface area contributed by atoms with Crippen LogP contribution in [-0.2, 0) is 28.4 Å². The van der Waals surface area contributed by atoms with Gasteiger partial charge in [-0.05, 0) is 74.9 Å². The van der Waals surface area contributed by atoms with Gasteiger partial charge in [0.1, 0.15) is 5.69 Å². The molecule has 0 radical (unpaired) electrons. The largest absolute Gasteiger partial charge is 0.446 e. The SMILES string of the molecule is CC(=O)N(Cc1cc(C(F)(F)F)cc(C(F)(F)F)c1)C1CC(C2CC2)N(C(=O)OC(C)C)c2ccc(C(F)F)nc21. The molecule has 1 aromatic carbocycles. The Bertz CT molecular complexity index is 1280. The Kier molecular flexibility index (Phi) is 8.25. The molecule has 4 rings (SSSR count). The Labute approximate surface area is 230 Å². The molecule has 1 saturated carbocycles. The molecule has 0 spiro atoms. The van der Waals surface area contributed by atoms with E-state index < -0.39 is 77.9 Å². The Morgan fingerprint density at radius 3 is 2.07 bits per heavy atom. The van der Waals surface area contributed by atoms with Crippen LogP contribution in [-0.4, -0.2) is 34.0 Å². The number of aromatic nitrogens is 1. The van der Waals surface area contributed by atoms with Gasteiger partial charge in [0.25, 0.3) is 6.43 Å². The molecule has 1 fully saturated rings. The number of hydrogen-bond acceptors (Lipinski definition) is 4. The summed E-state index contributed by atoms with van der Waals surface area (Å²) in [7, 11) is 0. The van der Waals surface area contributed by atoms with Crippen LogP contribution in [0.5, 0.6) is 0 Å². The van der Waals surface area contributed by atoms with Gasteiger partial charge in [-0.25, -0.2) is 18.6 Å². The van der Waals surface area contributed by atoms with Gasteiger partial charge in [0.05, 0.1) is 34.7 Å². The fraction of sp³-hybridized carbons (Fsp3) is 0.519. The number of nitrogens with zero attached hydrogens (tertiary/aromatic N) is 3. The highest BCUT2D eigenvalue weighted by molar-refractivity contribution is 5.90. The fourth-order valence-corrected chi connectivity index (χ4v) is 5.08. The second kappa shape index (κ2) is 11.1. The maximum Gasteiger partial charge on any atom is 0.416 e. The lowest BCUT2D eigenvalue weighted by atomic mass is 9.90. The summed E-state index contributed by atoms with van der Waals surface area (Å²) in [4.78, 5) is 32.4. The minimum Gasteiger partial charge on any atom is -0.446 e. The second-order valence-electron chi connectivity index (χ2n) is 10.5. The molecular weight excluding hydrogens is 566 g/mol. The molecule has 2 aromatic rings. The van der Waals surface area contributed by atoms with Gasteiger partial charge in [0, 0.05) is 19.5 Å². The third kappa shape index (κ3) is 6.72. The van der Waals surface area contributed by atoms with Crippen molar-refractivity contribution in [3.63, 3.8) is 0 Å². The molecule has 1 aliphatic carbocycles. The van der Waals surface area contributed by atoms with Crippen molar-refractivity contribution in [3.8, 4) is 0 Å². The third-order valence-corrected chi connectivity index (χ3v) is 7.00. The topological polar surface area (TPSA) is 62.7 Å². The first-order chi connectivity index (χ1) is 19.0. The van der Waals surface area contributed by atoms with Gasteiger partial charge >= 0.3 is 18.4 Å². The molecule has 2 atom stereocenters. The number of pyridine rings is 1. The Balaban J connectivity index is 1.84. The Hall–Kier alpha value is -3.45. The average molecular weight is 594 g/mol. The molecule has 0 bridgehead atoms. The lowest BCUT2D eigenvalue weighted by molar-refractivity contribution is -0.143. The number of carbonyl (C=O) groups excluding carboxylic acids is 2. The molecule has 1 aromatic heterocycles. The van der Waals surface area contributed by atoms with E-state index in [2.05, 4.69) is 4.98 Å². The van der Waals surface area contributed by atoms with Crippen molar-refractivity contribution in [2.45, 2.75) is 83.5 Å². The van der Waals surface area contributed by atoms with E-state index in [1.165, 1.54) is 11.0 Å². The van der Waals surface area contributed by atoms with Gasteiger partial charge in [-0.2, -0.15) is 26.3 Å². The summed E-state index contributed by atoms with van der Waals surface area (Å²) in [5.41, 5.74) is -4.27. The van der Waals surface area contributed by atoms with Crippen LogP contribution in [0.1, 0.15) is 80.6 Å². The summed E-state index contributed by atoms with van der Waals surface area (Å²) >= 11 is 0. The average Bonchev–Trinajstić information content (AvgIpc) is 3.69. The van der Waals surface area contributed by atoms with Crippen LogP contribution >= 0.6 is 0 Å². The van der Waals surface area contributed by atoms with Crippen LogP contribution in [0.25, 0.3) is 0 Å². The lowest BCUT2D eigenvalue weighted by Gasteiger charge is -2.43. The van der Waals surface area contributed by atoms with Gasteiger partial charge in [-0.1, -0.05) is 0 Å². The zero-order chi connectivity index (χ0) is 30.4. The quantitative estimate of drug-likeness (QED) is 0.323. The summed E-state index contributed by atoms with van der Waals surface area (Å²) in [5.74, 6) is -0.775. The normalized spacial score (nSPS) is 19.4. The predicted molar refractivity (Wildman–Crippen MR) is 130 cm³/mol. The van der Waals surface area contributed by atoms with E-state index in [-0.39, 0.29) is 29.8 Å². The van der Waals surface area contributed by atoms with E-state index in [4.69, 9.17) is 4.74 Å². The molecule has 2 heterocycles. The summed E-state index contributed by atoms with van der Waals surface area (Å²) in [6.45, 7) is 3.62. The van der Waals surface area contributed by atoms with E-state index in [1.807, 2.05) is 0 Å².